The number of rotatable bonds is 9. The summed E-state index contributed by atoms with van der Waals surface area (Å²) in [6.45, 7) is 5.50. The Morgan fingerprint density at radius 1 is 1.18 bits per heavy atom. The summed E-state index contributed by atoms with van der Waals surface area (Å²) in [5.41, 5.74) is 0.281. The fourth-order valence-corrected chi connectivity index (χ4v) is 3.87. The van der Waals surface area contributed by atoms with Gasteiger partial charge in [-0.2, -0.15) is 5.26 Å². The molecule has 0 aliphatic rings. The molecule has 0 atom stereocenters. The van der Waals surface area contributed by atoms with Gasteiger partial charge in [0, 0.05) is 31.2 Å². The first-order valence-electron chi connectivity index (χ1n) is 11.9. The van der Waals surface area contributed by atoms with Crippen molar-refractivity contribution in [1.82, 2.24) is 20.2 Å². The molecule has 2 heterocycles. The number of fused-ring (bicyclic) bond motifs is 1. The number of hydrogen-bond donors (Lipinski definition) is 3. The molecule has 0 fully saturated rings. The van der Waals surface area contributed by atoms with Gasteiger partial charge in [-0.25, -0.2) is 9.78 Å². The number of carbonyl (C=O) groups excluding carboxylic acids is 2. The smallest absolute Gasteiger partial charge is 0.407 e. The molecule has 0 saturated heterocycles. The zero-order valence-corrected chi connectivity index (χ0v) is 23.4. The molecule has 39 heavy (non-hydrogen) atoms. The largest absolute Gasteiger partial charge is 0.478 e. The molecule has 0 aliphatic carbocycles. The van der Waals surface area contributed by atoms with E-state index in [1.54, 1.807) is 45.0 Å². The number of nitriles is 1. The van der Waals surface area contributed by atoms with Gasteiger partial charge < -0.3 is 30.0 Å². The third-order valence-corrected chi connectivity index (χ3v) is 5.81. The van der Waals surface area contributed by atoms with E-state index in [0.29, 0.717) is 23.0 Å². The van der Waals surface area contributed by atoms with E-state index in [0.717, 1.165) is 0 Å². The number of hydrogen-bond acceptors (Lipinski definition) is 8. The van der Waals surface area contributed by atoms with Crippen LogP contribution in [0.1, 0.15) is 32.8 Å². The van der Waals surface area contributed by atoms with Crippen LogP contribution in [0.3, 0.4) is 0 Å². The summed E-state index contributed by atoms with van der Waals surface area (Å²) in [4.78, 5) is 41.0. The first kappa shape index (κ1) is 29.5. The fourth-order valence-electron chi connectivity index (χ4n) is 3.49. The predicted molar refractivity (Wildman–Crippen MR) is 149 cm³/mol. The van der Waals surface area contributed by atoms with Crippen molar-refractivity contribution >= 4 is 57.6 Å². The SMILES string of the molecule is CNC(=O)COc1cc2cc(Nc3nc(Cl)c(C#N)cc3Cl)ccc2n(CCCNC(=O)OC(C)(C)C)c1=O. The highest BCUT2D eigenvalue weighted by Gasteiger charge is 2.17. The molecule has 0 unspecified atom stereocenters. The molecule has 0 aliphatic heterocycles. The van der Waals surface area contributed by atoms with Gasteiger partial charge in [-0.3, -0.25) is 9.59 Å². The minimum Gasteiger partial charge on any atom is -0.478 e. The number of likely N-dealkylation sites (N-methyl/N-ethyl adjacent to an activating group) is 1. The van der Waals surface area contributed by atoms with Gasteiger partial charge in [0.2, 0.25) is 0 Å². The maximum atomic E-state index is 13.2. The molecule has 2 amide bonds. The van der Waals surface area contributed by atoms with Crippen LogP contribution in [0.5, 0.6) is 5.75 Å². The Morgan fingerprint density at radius 3 is 2.59 bits per heavy atom. The molecule has 0 bridgehead atoms. The molecule has 0 radical (unpaired) electrons. The second-order valence-electron chi connectivity index (χ2n) is 9.38. The third kappa shape index (κ3) is 7.99. The highest BCUT2D eigenvalue weighted by atomic mass is 35.5. The Bertz CT molecular complexity index is 1490. The summed E-state index contributed by atoms with van der Waals surface area (Å²) < 4.78 is 12.3. The number of anilines is 2. The van der Waals surface area contributed by atoms with Gasteiger partial charge >= 0.3 is 6.09 Å². The van der Waals surface area contributed by atoms with Crippen molar-refractivity contribution in [2.75, 3.05) is 25.5 Å². The zero-order valence-electron chi connectivity index (χ0n) is 21.9. The second kappa shape index (κ2) is 12.7. The molecule has 3 rings (SSSR count). The van der Waals surface area contributed by atoms with Crippen LogP contribution in [0.25, 0.3) is 10.9 Å². The minimum atomic E-state index is -0.623. The van der Waals surface area contributed by atoms with Crippen LogP contribution < -0.4 is 26.2 Å². The number of ether oxygens (including phenoxy) is 2. The Labute approximate surface area is 235 Å². The number of amides is 2. The van der Waals surface area contributed by atoms with Crippen molar-refractivity contribution < 1.29 is 19.1 Å². The van der Waals surface area contributed by atoms with Crippen LogP contribution in [0.4, 0.5) is 16.3 Å². The first-order chi connectivity index (χ1) is 18.4. The van der Waals surface area contributed by atoms with Crippen molar-refractivity contribution in [2.45, 2.75) is 39.3 Å². The van der Waals surface area contributed by atoms with Crippen molar-refractivity contribution in [3.8, 4) is 11.8 Å². The van der Waals surface area contributed by atoms with E-state index in [4.69, 9.17) is 37.9 Å². The van der Waals surface area contributed by atoms with Gasteiger partial charge in [-0.05, 0) is 57.5 Å². The van der Waals surface area contributed by atoms with E-state index in [-0.39, 0.29) is 47.0 Å². The number of nitrogens with one attached hydrogen (secondary N) is 3. The van der Waals surface area contributed by atoms with E-state index in [2.05, 4.69) is 20.9 Å². The van der Waals surface area contributed by atoms with Crippen LogP contribution in [0, 0.1) is 11.3 Å². The molecule has 3 N–H and O–H groups in total. The average Bonchev–Trinajstić information content (AvgIpc) is 2.87. The average molecular weight is 575 g/mol. The number of carbonyl (C=O) groups is 2. The normalized spacial score (nSPS) is 11.0. The van der Waals surface area contributed by atoms with E-state index in [1.165, 1.54) is 17.7 Å². The molecule has 3 aromatic rings. The lowest BCUT2D eigenvalue weighted by Gasteiger charge is -2.20. The van der Waals surface area contributed by atoms with Crippen molar-refractivity contribution in [1.29, 1.82) is 5.26 Å². The maximum Gasteiger partial charge on any atom is 0.407 e. The maximum absolute atomic E-state index is 13.2. The van der Waals surface area contributed by atoms with E-state index in [1.807, 2.05) is 6.07 Å². The number of benzene rings is 1. The summed E-state index contributed by atoms with van der Waals surface area (Å²) in [5.74, 6) is -0.157. The Hall–Kier alpha value is -4.01. The van der Waals surface area contributed by atoms with Crippen LogP contribution in [0.2, 0.25) is 10.2 Å². The number of pyridine rings is 2. The summed E-state index contributed by atoms with van der Waals surface area (Å²) >= 11 is 12.3. The number of nitrogens with zero attached hydrogens (tertiary/aromatic N) is 3. The molecule has 0 spiro atoms. The Balaban J connectivity index is 1.90. The highest BCUT2D eigenvalue weighted by molar-refractivity contribution is 6.35. The molecule has 206 valence electrons. The summed E-state index contributed by atoms with van der Waals surface area (Å²) in [6.07, 6.45) is -0.121. The topological polar surface area (TPSA) is 147 Å². The third-order valence-electron chi connectivity index (χ3n) is 5.24. The van der Waals surface area contributed by atoms with Crippen molar-refractivity contribution in [3.63, 3.8) is 0 Å². The van der Waals surface area contributed by atoms with Crippen molar-refractivity contribution in [3.05, 3.63) is 56.4 Å². The number of alkyl carbamates (subject to hydrolysis) is 1. The van der Waals surface area contributed by atoms with Crippen LogP contribution >= 0.6 is 23.2 Å². The molecule has 2 aromatic heterocycles. The number of aromatic nitrogens is 2. The van der Waals surface area contributed by atoms with E-state index < -0.39 is 23.2 Å². The van der Waals surface area contributed by atoms with Gasteiger partial charge in [0.05, 0.1) is 16.1 Å². The lowest BCUT2D eigenvalue weighted by Crippen LogP contribution is -2.33. The predicted octanol–water partition coefficient (Wildman–Crippen LogP) is 4.36. The molecule has 0 saturated carbocycles. The minimum absolute atomic E-state index is 0.00362. The second-order valence-corrected chi connectivity index (χ2v) is 10.1. The molecule has 11 nitrogen and oxygen atoms in total. The van der Waals surface area contributed by atoms with Gasteiger partial charge in [0.15, 0.2) is 18.2 Å². The van der Waals surface area contributed by atoms with Crippen LogP contribution in [0.15, 0.2) is 35.1 Å². The Kier molecular flexibility index (Phi) is 9.61. The number of halogens is 2. The van der Waals surface area contributed by atoms with Crippen LogP contribution in [-0.4, -0.2) is 47.4 Å². The summed E-state index contributed by atoms with van der Waals surface area (Å²) in [6, 6.07) is 10.1. The fraction of sp³-hybridized carbons (Fsp3) is 0.346. The van der Waals surface area contributed by atoms with Gasteiger partial charge in [0.25, 0.3) is 11.5 Å². The lowest BCUT2D eigenvalue weighted by molar-refractivity contribution is -0.122. The van der Waals surface area contributed by atoms with E-state index >= 15 is 0 Å². The molecular formula is C26H28Cl2N6O5. The number of aryl methyl sites for hydroxylation is 1. The summed E-state index contributed by atoms with van der Waals surface area (Å²) in [5, 5.41) is 18.1. The van der Waals surface area contributed by atoms with E-state index in [9.17, 15) is 14.4 Å². The standard InChI is InChI=1S/C26H28Cl2N6O5/c1-26(2,3)39-25(37)31-8-5-9-34-19-7-6-17(32-23-18(27)11-16(13-29)22(28)33-23)10-15(19)12-20(24(34)36)38-14-21(35)30-4/h6-7,10-12H,5,8-9,14H2,1-4H3,(H,30,35)(H,31,37)(H,32,33). The molecule has 1 aromatic carbocycles. The zero-order chi connectivity index (χ0) is 28.7. The Morgan fingerprint density at radius 2 is 1.92 bits per heavy atom. The highest BCUT2D eigenvalue weighted by Crippen LogP contribution is 2.29. The van der Waals surface area contributed by atoms with Gasteiger partial charge in [-0.1, -0.05) is 23.2 Å². The van der Waals surface area contributed by atoms with Gasteiger partial charge in [-0.15, -0.1) is 0 Å². The summed E-state index contributed by atoms with van der Waals surface area (Å²) in [7, 11) is 1.47. The first-order valence-corrected chi connectivity index (χ1v) is 12.7. The lowest BCUT2D eigenvalue weighted by atomic mass is 10.1. The molecule has 13 heteroatoms. The quantitative estimate of drug-likeness (QED) is 0.252. The van der Waals surface area contributed by atoms with Crippen molar-refractivity contribution in [2.24, 2.45) is 0 Å². The van der Waals surface area contributed by atoms with Gasteiger partial charge in [0.1, 0.15) is 16.8 Å². The monoisotopic (exact) mass is 574 g/mol. The van der Waals surface area contributed by atoms with Crippen LogP contribution in [-0.2, 0) is 16.1 Å². The molecular weight excluding hydrogens is 547 g/mol.